The predicted octanol–water partition coefficient (Wildman–Crippen LogP) is 5.42. The molecule has 1 amide bonds. The zero-order valence-corrected chi connectivity index (χ0v) is 21.5. The Kier molecular flexibility index (Phi) is 7.54. The Morgan fingerprint density at radius 1 is 1.03 bits per heavy atom. The predicted molar refractivity (Wildman–Crippen MR) is 144 cm³/mol. The monoisotopic (exact) mass is 525 g/mol. The SMILES string of the molecule is Cc1cccc(COc2ccc(C(O)=C3C(=O)C(=O)N(CCCn4ccnc4)C3c3ccccc3F)cc2)c1. The Balaban J connectivity index is 1.42. The first-order valence-electron chi connectivity index (χ1n) is 12.7. The van der Waals surface area contributed by atoms with Gasteiger partial charge in [0.1, 0.15) is 23.9 Å². The van der Waals surface area contributed by atoms with Crippen molar-refractivity contribution in [3.63, 3.8) is 0 Å². The molecule has 3 aromatic carbocycles. The van der Waals surface area contributed by atoms with Crippen molar-refractivity contribution in [2.45, 2.75) is 32.5 Å². The van der Waals surface area contributed by atoms with Gasteiger partial charge in [-0.1, -0.05) is 48.0 Å². The molecule has 7 nitrogen and oxygen atoms in total. The molecule has 1 atom stereocenters. The summed E-state index contributed by atoms with van der Waals surface area (Å²) in [6, 6.07) is 19.5. The van der Waals surface area contributed by atoms with Gasteiger partial charge in [-0.25, -0.2) is 9.37 Å². The number of rotatable bonds is 9. The van der Waals surface area contributed by atoms with Gasteiger partial charge in [-0.05, 0) is 49.2 Å². The molecule has 0 aliphatic carbocycles. The second kappa shape index (κ2) is 11.3. The number of aromatic nitrogens is 2. The number of ether oxygens (including phenoxy) is 1. The van der Waals surface area contributed by atoms with Crippen molar-refractivity contribution in [3.05, 3.63) is 125 Å². The molecule has 1 aliphatic heterocycles. The van der Waals surface area contributed by atoms with Gasteiger partial charge < -0.3 is 19.3 Å². The lowest BCUT2D eigenvalue weighted by molar-refractivity contribution is -0.140. The number of benzene rings is 3. The zero-order valence-electron chi connectivity index (χ0n) is 21.5. The quantitative estimate of drug-likeness (QED) is 0.179. The van der Waals surface area contributed by atoms with Gasteiger partial charge in [-0.15, -0.1) is 0 Å². The summed E-state index contributed by atoms with van der Waals surface area (Å²) in [7, 11) is 0. The molecule has 0 spiro atoms. The average Bonchev–Trinajstić information content (AvgIpc) is 3.55. The molecule has 0 saturated carbocycles. The number of amides is 1. The summed E-state index contributed by atoms with van der Waals surface area (Å²) < 4.78 is 22.7. The second-order valence-electron chi connectivity index (χ2n) is 9.47. The molecule has 5 rings (SSSR count). The lowest BCUT2D eigenvalue weighted by atomic mass is 9.95. The second-order valence-corrected chi connectivity index (χ2v) is 9.47. The number of likely N-dealkylation sites (tertiary alicyclic amines) is 1. The highest BCUT2D eigenvalue weighted by molar-refractivity contribution is 6.46. The van der Waals surface area contributed by atoms with Crippen molar-refractivity contribution in [2.75, 3.05) is 6.54 Å². The van der Waals surface area contributed by atoms with Gasteiger partial charge in [0.05, 0.1) is 17.9 Å². The van der Waals surface area contributed by atoms with Crippen molar-refractivity contribution in [2.24, 2.45) is 0 Å². The topological polar surface area (TPSA) is 84.7 Å². The van der Waals surface area contributed by atoms with E-state index in [0.29, 0.717) is 30.9 Å². The van der Waals surface area contributed by atoms with Crippen LogP contribution in [0.25, 0.3) is 5.76 Å². The number of ketones is 1. The summed E-state index contributed by atoms with van der Waals surface area (Å²) in [5.74, 6) is -1.95. The van der Waals surface area contributed by atoms with Crippen LogP contribution in [0.3, 0.4) is 0 Å². The van der Waals surface area contributed by atoms with E-state index < -0.39 is 23.5 Å². The molecule has 0 bridgehead atoms. The summed E-state index contributed by atoms with van der Waals surface area (Å²) in [4.78, 5) is 31.7. The van der Waals surface area contributed by atoms with E-state index >= 15 is 0 Å². The lowest BCUT2D eigenvalue weighted by Gasteiger charge is -2.25. The third-order valence-corrected chi connectivity index (χ3v) is 6.73. The number of aliphatic hydroxyl groups is 1. The van der Waals surface area contributed by atoms with Crippen LogP contribution >= 0.6 is 0 Å². The van der Waals surface area contributed by atoms with Crippen LogP contribution in [0.1, 0.15) is 34.7 Å². The van der Waals surface area contributed by atoms with E-state index in [4.69, 9.17) is 4.74 Å². The first-order valence-corrected chi connectivity index (χ1v) is 12.7. The maximum Gasteiger partial charge on any atom is 0.295 e. The van der Waals surface area contributed by atoms with Crippen LogP contribution in [0.5, 0.6) is 5.75 Å². The highest BCUT2D eigenvalue weighted by Crippen LogP contribution is 2.40. The Bertz CT molecular complexity index is 1510. The molecule has 0 radical (unpaired) electrons. The Morgan fingerprint density at radius 2 is 1.82 bits per heavy atom. The summed E-state index contributed by atoms with van der Waals surface area (Å²) in [6.45, 7) is 3.16. The zero-order chi connectivity index (χ0) is 27.4. The molecule has 1 fully saturated rings. The summed E-state index contributed by atoms with van der Waals surface area (Å²) in [5, 5.41) is 11.3. The van der Waals surface area contributed by atoms with E-state index in [9.17, 15) is 19.1 Å². The van der Waals surface area contributed by atoms with Gasteiger partial charge in [0.25, 0.3) is 11.7 Å². The van der Waals surface area contributed by atoms with Crippen LogP contribution in [0, 0.1) is 12.7 Å². The first-order chi connectivity index (χ1) is 18.9. The first kappa shape index (κ1) is 25.9. The smallest absolute Gasteiger partial charge is 0.295 e. The molecular weight excluding hydrogens is 497 g/mol. The van der Waals surface area contributed by atoms with E-state index in [1.54, 1.807) is 55.1 Å². The molecular formula is C31H28FN3O4. The lowest BCUT2D eigenvalue weighted by Crippen LogP contribution is -2.31. The van der Waals surface area contributed by atoms with Gasteiger partial charge in [-0.2, -0.15) is 0 Å². The third-order valence-electron chi connectivity index (χ3n) is 6.73. The van der Waals surface area contributed by atoms with Crippen LogP contribution in [0.2, 0.25) is 0 Å². The number of nitrogens with zero attached hydrogens (tertiary/aromatic N) is 3. The number of halogens is 1. The minimum absolute atomic E-state index is 0.138. The number of hydrogen-bond donors (Lipinski definition) is 1. The molecule has 4 aromatic rings. The largest absolute Gasteiger partial charge is 0.507 e. The van der Waals surface area contributed by atoms with Gasteiger partial charge >= 0.3 is 0 Å². The van der Waals surface area contributed by atoms with Crippen molar-refractivity contribution in [3.8, 4) is 5.75 Å². The Labute approximate surface area is 225 Å². The number of carbonyl (C=O) groups excluding carboxylic acids is 2. The fourth-order valence-electron chi connectivity index (χ4n) is 4.81. The molecule has 1 unspecified atom stereocenters. The minimum atomic E-state index is -1.05. The maximum absolute atomic E-state index is 15.0. The van der Waals surface area contributed by atoms with E-state index in [2.05, 4.69) is 4.98 Å². The van der Waals surface area contributed by atoms with E-state index in [1.165, 1.54) is 17.0 Å². The molecule has 8 heteroatoms. The molecule has 1 aliphatic rings. The van der Waals surface area contributed by atoms with E-state index in [0.717, 1.165) is 11.1 Å². The Hall–Kier alpha value is -4.72. The van der Waals surface area contributed by atoms with Gasteiger partial charge in [0.15, 0.2) is 0 Å². The molecule has 198 valence electrons. The number of aliphatic hydroxyl groups excluding tert-OH is 1. The van der Waals surface area contributed by atoms with Crippen LogP contribution in [0.15, 0.2) is 97.1 Å². The number of hydrogen-bond acceptors (Lipinski definition) is 5. The van der Waals surface area contributed by atoms with Crippen LogP contribution in [-0.2, 0) is 22.7 Å². The summed E-state index contributed by atoms with van der Waals surface area (Å²) >= 11 is 0. The van der Waals surface area contributed by atoms with Crippen molar-refractivity contribution >= 4 is 17.4 Å². The highest BCUT2D eigenvalue weighted by Gasteiger charge is 2.46. The molecule has 1 aromatic heterocycles. The standard InChI is InChI=1S/C31H28FN3O4/c1-21-6-4-7-22(18-21)19-39-24-12-10-23(11-13-24)29(36)27-28(25-8-2-3-9-26(25)32)35(31(38)30(27)37)16-5-15-34-17-14-33-20-34/h2-4,6-14,17-18,20,28,36H,5,15-16,19H2,1H3. The van der Waals surface area contributed by atoms with Gasteiger partial charge in [0.2, 0.25) is 0 Å². The summed E-state index contributed by atoms with van der Waals surface area (Å²) in [5.41, 5.74) is 2.51. The number of Topliss-reactive ketones (excluding diaryl/α,β-unsaturated/α-hetero) is 1. The number of imidazole rings is 1. The minimum Gasteiger partial charge on any atom is -0.507 e. The van der Waals surface area contributed by atoms with E-state index in [-0.39, 0.29) is 23.4 Å². The molecule has 39 heavy (non-hydrogen) atoms. The highest BCUT2D eigenvalue weighted by atomic mass is 19.1. The van der Waals surface area contributed by atoms with Crippen LogP contribution in [0.4, 0.5) is 4.39 Å². The molecule has 2 heterocycles. The maximum atomic E-state index is 15.0. The van der Waals surface area contributed by atoms with E-state index in [1.807, 2.05) is 35.8 Å². The average molecular weight is 526 g/mol. The van der Waals surface area contributed by atoms with Crippen molar-refractivity contribution < 1.29 is 23.8 Å². The number of carbonyl (C=O) groups is 2. The Morgan fingerprint density at radius 3 is 2.54 bits per heavy atom. The van der Waals surface area contributed by atoms with Crippen molar-refractivity contribution in [1.29, 1.82) is 0 Å². The van der Waals surface area contributed by atoms with Crippen LogP contribution in [-0.4, -0.2) is 37.8 Å². The van der Waals surface area contributed by atoms with Crippen molar-refractivity contribution in [1.82, 2.24) is 14.5 Å². The molecule has 1 saturated heterocycles. The molecule has 1 N–H and O–H groups in total. The fourth-order valence-corrected chi connectivity index (χ4v) is 4.81. The normalized spacial score (nSPS) is 16.6. The van der Waals surface area contributed by atoms with Gasteiger partial charge in [-0.3, -0.25) is 9.59 Å². The third kappa shape index (κ3) is 5.60. The fraction of sp³-hybridized carbons (Fsp3) is 0.194. The number of aryl methyl sites for hydroxylation is 2. The van der Waals surface area contributed by atoms with Crippen LogP contribution < -0.4 is 4.74 Å². The summed E-state index contributed by atoms with van der Waals surface area (Å²) in [6.07, 6.45) is 5.64. The van der Waals surface area contributed by atoms with Gasteiger partial charge in [0, 0.05) is 36.6 Å².